The third-order valence-electron chi connectivity index (χ3n) is 2.40. The fraction of sp³-hybridized carbons (Fsp3) is 0.0833. The second-order valence-electron chi connectivity index (χ2n) is 3.76. The minimum Gasteiger partial charge on any atom is -0.398 e. The predicted octanol–water partition coefficient (Wildman–Crippen LogP) is 2.29. The highest BCUT2D eigenvalue weighted by Gasteiger charge is 2.16. The normalized spacial score (nSPS) is 11.4. The molecule has 4 nitrogen and oxygen atoms in total. The van der Waals surface area contributed by atoms with Gasteiger partial charge in [0.25, 0.3) is 0 Å². The van der Waals surface area contributed by atoms with Gasteiger partial charge in [0.2, 0.25) is 0 Å². The lowest BCUT2D eigenvalue weighted by molar-refractivity contribution is 0.594. The Labute approximate surface area is 110 Å². The van der Waals surface area contributed by atoms with E-state index < -0.39 is 9.84 Å². The number of pyridine rings is 1. The molecule has 2 aromatic rings. The maximum absolute atomic E-state index is 12.1. The number of aromatic nitrogens is 1. The van der Waals surface area contributed by atoms with Crippen molar-refractivity contribution in [1.82, 2.24) is 4.98 Å². The summed E-state index contributed by atoms with van der Waals surface area (Å²) < 4.78 is 24.3. The molecule has 1 aromatic carbocycles. The first-order chi connectivity index (χ1) is 8.49. The Morgan fingerprint density at radius 1 is 1.22 bits per heavy atom. The quantitative estimate of drug-likeness (QED) is 0.877. The van der Waals surface area contributed by atoms with E-state index in [1.807, 2.05) is 0 Å². The molecule has 18 heavy (non-hydrogen) atoms. The van der Waals surface area contributed by atoms with Gasteiger partial charge in [-0.25, -0.2) is 8.42 Å². The molecule has 0 fully saturated rings. The van der Waals surface area contributed by atoms with E-state index in [1.54, 1.807) is 24.4 Å². The van der Waals surface area contributed by atoms with Gasteiger partial charge < -0.3 is 5.73 Å². The maximum Gasteiger partial charge on any atom is 0.184 e. The maximum atomic E-state index is 12.1. The van der Waals surface area contributed by atoms with Crippen LogP contribution in [0.15, 0.2) is 47.5 Å². The van der Waals surface area contributed by atoms with Crippen molar-refractivity contribution in [2.75, 3.05) is 5.73 Å². The number of nitrogens with zero attached hydrogens (tertiary/aromatic N) is 1. The van der Waals surface area contributed by atoms with Crippen molar-refractivity contribution in [3.05, 3.63) is 53.3 Å². The molecule has 0 saturated carbocycles. The van der Waals surface area contributed by atoms with Gasteiger partial charge in [-0.15, -0.1) is 0 Å². The van der Waals surface area contributed by atoms with Crippen LogP contribution in [-0.4, -0.2) is 13.4 Å². The van der Waals surface area contributed by atoms with Gasteiger partial charge in [0.15, 0.2) is 9.84 Å². The van der Waals surface area contributed by atoms with Gasteiger partial charge in [-0.3, -0.25) is 4.98 Å². The molecule has 0 aliphatic rings. The van der Waals surface area contributed by atoms with E-state index in [0.717, 1.165) is 0 Å². The third-order valence-corrected chi connectivity index (χ3v) is 4.37. The summed E-state index contributed by atoms with van der Waals surface area (Å²) >= 11 is 5.82. The van der Waals surface area contributed by atoms with E-state index in [-0.39, 0.29) is 15.7 Å². The lowest BCUT2D eigenvalue weighted by Gasteiger charge is -2.05. The third kappa shape index (κ3) is 2.80. The molecule has 1 heterocycles. The first-order valence-electron chi connectivity index (χ1n) is 5.17. The highest BCUT2D eigenvalue weighted by atomic mass is 35.5. The minimum atomic E-state index is -3.46. The SMILES string of the molecule is Nc1ccc(S(=O)(=O)Cc2ccccn2)cc1Cl. The fourth-order valence-corrected chi connectivity index (χ4v) is 3.01. The van der Waals surface area contributed by atoms with Crippen molar-refractivity contribution in [1.29, 1.82) is 0 Å². The van der Waals surface area contributed by atoms with E-state index in [9.17, 15) is 8.42 Å². The molecule has 2 N–H and O–H groups in total. The highest BCUT2D eigenvalue weighted by molar-refractivity contribution is 7.90. The Kier molecular flexibility index (Phi) is 3.54. The summed E-state index contributed by atoms with van der Waals surface area (Å²) in [4.78, 5) is 4.14. The van der Waals surface area contributed by atoms with E-state index in [4.69, 9.17) is 17.3 Å². The Morgan fingerprint density at radius 2 is 2.00 bits per heavy atom. The van der Waals surface area contributed by atoms with Gasteiger partial charge in [0.05, 0.1) is 27.1 Å². The first kappa shape index (κ1) is 12.9. The summed E-state index contributed by atoms with van der Waals surface area (Å²) in [5.74, 6) is -0.159. The standard InChI is InChI=1S/C12H11ClN2O2S/c13-11-7-10(4-5-12(11)14)18(16,17)8-9-3-1-2-6-15-9/h1-7H,8,14H2. The molecule has 0 spiro atoms. The largest absolute Gasteiger partial charge is 0.398 e. The molecule has 0 amide bonds. The van der Waals surface area contributed by atoms with Crippen molar-refractivity contribution < 1.29 is 8.42 Å². The summed E-state index contributed by atoms with van der Waals surface area (Å²) in [7, 11) is -3.46. The van der Waals surface area contributed by atoms with Crippen molar-refractivity contribution in [2.45, 2.75) is 10.6 Å². The smallest absolute Gasteiger partial charge is 0.184 e. The van der Waals surface area contributed by atoms with Crippen LogP contribution in [0.4, 0.5) is 5.69 Å². The topological polar surface area (TPSA) is 73.1 Å². The van der Waals surface area contributed by atoms with Crippen LogP contribution in [-0.2, 0) is 15.6 Å². The van der Waals surface area contributed by atoms with Crippen LogP contribution in [0.25, 0.3) is 0 Å². The molecule has 1 aromatic heterocycles. The van der Waals surface area contributed by atoms with E-state index in [0.29, 0.717) is 11.4 Å². The van der Waals surface area contributed by atoms with Crippen LogP contribution < -0.4 is 5.73 Å². The van der Waals surface area contributed by atoms with Crippen molar-refractivity contribution in [2.24, 2.45) is 0 Å². The monoisotopic (exact) mass is 282 g/mol. The van der Waals surface area contributed by atoms with Crippen LogP contribution in [0.2, 0.25) is 5.02 Å². The molecule has 0 radical (unpaired) electrons. The molecule has 0 atom stereocenters. The second kappa shape index (κ2) is 4.96. The number of hydrogen-bond donors (Lipinski definition) is 1. The average Bonchev–Trinajstić information content (AvgIpc) is 2.33. The molecule has 2 rings (SSSR count). The van der Waals surface area contributed by atoms with Gasteiger partial charge in [-0.05, 0) is 30.3 Å². The van der Waals surface area contributed by atoms with Crippen LogP contribution in [0, 0.1) is 0 Å². The molecule has 0 bridgehead atoms. The average molecular weight is 283 g/mol. The Balaban J connectivity index is 2.34. The number of nitrogen functional groups attached to an aromatic ring is 1. The summed E-state index contributed by atoms with van der Waals surface area (Å²) in [5, 5.41) is 0.233. The fourth-order valence-electron chi connectivity index (χ4n) is 1.46. The number of benzene rings is 1. The van der Waals surface area contributed by atoms with Crippen molar-refractivity contribution >= 4 is 27.1 Å². The first-order valence-corrected chi connectivity index (χ1v) is 7.20. The van der Waals surface area contributed by atoms with Crippen molar-refractivity contribution in [3.63, 3.8) is 0 Å². The zero-order valence-corrected chi connectivity index (χ0v) is 10.9. The molecule has 0 aliphatic heterocycles. The van der Waals surface area contributed by atoms with E-state index in [2.05, 4.69) is 4.98 Å². The summed E-state index contributed by atoms with van der Waals surface area (Å²) in [6, 6.07) is 9.42. The predicted molar refractivity (Wildman–Crippen MR) is 71.0 cm³/mol. The van der Waals surface area contributed by atoms with Gasteiger partial charge in [-0.2, -0.15) is 0 Å². The Bertz CT molecular complexity index is 657. The number of halogens is 1. The number of hydrogen-bond acceptors (Lipinski definition) is 4. The second-order valence-corrected chi connectivity index (χ2v) is 6.16. The molecule has 0 aliphatic carbocycles. The van der Waals surface area contributed by atoms with Gasteiger partial charge >= 0.3 is 0 Å². The lowest BCUT2D eigenvalue weighted by Crippen LogP contribution is -2.06. The minimum absolute atomic E-state index is 0.146. The van der Waals surface area contributed by atoms with Crippen LogP contribution >= 0.6 is 11.6 Å². The number of rotatable bonds is 3. The van der Waals surface area contributed by atoms with Gasteiger partial charge in [0.1, 0.15) is 0 Å². The summed E-state index contributed by atoms with van der Waals surface area (Å²) in [6.45, 7) is 0. The van der Waals surface area contributed by atoms with Crippen LogP contribution in [0.1, 0.15) is 5.69 Å². The van der Waals surface area contributed by atoms with Crippen LogP contribution in [0.5, 0.6) is 0 Å². The zero-order chi connectivity index (χ0) is 13.2. The van der Waals surface area contributed by atoms with Crippen LogP contribution in [0.3, 0.4) is 0 Å². The number of nitrogens with two attached hydrogens (primary N) is 1. The molecule has 94 valence electrons. The van der Waals surface area contributed by atoms with Crippen molar-refractivity contribution in [3.8, 4) is 0 Å². The Hall–Kier alpha value is -1.59. The van der Waals surface area contributed by atoms with E-state index in [1.165, 1.54) is 18.2 Å². The van der Waals surface area contributed by atoms with Gasteiger partial charge in [-0.1, -0.05) is 17.7 Å². The molecular formula is C12H11ClN2O2S. The number of sulfone groups is 1. The van der Waals surface area contributed by atoms with E-state index >= 15 is 0 Å². The number of anilines is 1. The highest BCUT2D eigenvalue weighted by Crippen LogP contribution is 2.24. The molecule has 6 heteroatoms. The van der Waals surface area contributed by atoms with Gasteiger partial charge in [0, 0.05) is 6.20 Å². The Morgan fingerprint density at radius 3 is 2.61 bits per heavy atom. The zero-order valence-electron chi connectivity index (χ0n) is 9.38. The molecule has 0 saturated heterocycles. The molecular weight excluding hydrogens is 272 g/mol. The lowest BCUT2D eigenvalue weighted by atomic mass is 10.3. The summed E-state index contributed by atoms with van der Waals surface area (Å²) in [6.07, 6.45) is 1.56. The summed E-state index contributed by atoms with van der Waals surface area (Å²) in [5.41, 5.74) is 6.39. The molecule has 0 unspecified atom stereocenters.